The Morgan fingerprint density at radius 3 is 2.81 bits per heavy atom. The SMILES string of the molecule is CNCCCN(C)c1cc(F)c(Cl)cc1N. The minimum atomic E-state index is -0.439. The van der Waals surface area contributed by atoms with E-state index in [2.05, 4.69) is 5.32 Å². The summed E-state index contributed by atoms with van der Waals surface area (Å²) in [5, 5.41) is 3.12. The second-order valence-electron chi connectivity index (χ2n) is 3.70. The van der Waals surface area contributed by atoms with E-state index in [0.717, 1.165) is 19.5 Å². The summed E-state index contributed by atoms with van der Waals surface area (Å²) >= 11 is 5.63. The van der Waals surface area contributed by atoms with Crippen molar-refractivity contribution in [1.29, 1.82) is 0 Å². The molecule has 90 valence electrons. The van der Waals surface area contributed by atoms with Crippen molar-refractivity contribution in [2.24, 2.45) is 0 Å². The van der Waals surface area contributed by atoms with Crippen LogP contribution in [0.4, 0.5) is 15.8 Å². The van der Waals surface area contributed by atoms with E-state index in [1.54, 1.807) is 0 Å². The van der Waals surface area contributed by atoms with Gasteiger partial charge in [0, 0.05) is 19.7 Å². The summed E-state index contributed by atoms with van der Waals surface area (Å²) in [5.74, 6) is -0.439. The summed E-state index contributed by atoms with van der Waals surface area (Å²) < 4.78 is 13.3. The van der Waals surface area contributed by atoms with Crippen LogP contribution in [0.15, 0.2) is 12.1 Å². The molecule has 16 heavy (non-hydrogen) atoms. The van der Waals surface area contributed by atoms with Crippen LogP contribution in [0, 0.1) is 5.82 Å². The molecule has 0 aliphatic carbocycles. The summed E-state index contributed by atoms with van der Waals surface area (Å²) in [6.07, 6.45) is 0.969. The first-order valence-corrected chi connectivity index (χ1v) is 5.54. The second kappa shape index (κ2) is 5.92. The van der Waals surface area contributed by atoms with Crippen LogP contribution in [-0.2, 0) is 0 Å². The summed E-state index contributed by atoms with van der Waals surface area (Å²) in [5.41, 5.74) is 6.96. The third kappa shape index (κ3) is 3.25. The highest BCUT2D eigenvalue weighted by Crippen LogP contribution is 2.28. The minimum Gasteiger partial charge on any atom is -0.397 e. The zero-order valence-electron chi connectivity index (χ0n) is 9.56. The van der Waals surface area contributed by atoms with E-state index in [1.807, 2.05) is 19.0 Å². The normalized spacial score (nSPS) is 10.5. The quantitative estimate of drug-likeness (QED) is 0.617. The van der Waals surface area contributed by atoms with E-state index in [4.69, 9.17) is 17.3 Å². The third-order valence-corrected chi connectivity index (χ3v) is 2.69. The van der Waals surface area contributed by atoms with Gasteiger partial charge in [-0.1, -0.05) is 11.6 Å². The van der Waals surface area contributed by atoms with Crippen LogP contribution in [0.5, 0.6) is 0 Å². The lowest BCUT2D eigenvalue weighted by molar-refractivity contribution is 0.627. The molecular weight excluding hydrogens is 229 g/mol. The average Bonchev–Trinajstić information content (AvgIpc) is 2.23. The maximum absolute atomic E-state index is 13.3. The fraction of sp³-hybridized carbons (Fsp3) is 0.455. The highest BCUT2D eigenvalue weighted by atomic mass is 35.5. The zero-order valence-corrected chi connectivity index (χ0v) is 10.3. The molecule has 5 heteroatoms. The molecule has 0 amide bonds. The molecule has 1 rings (SSSR count). The van der Waals surface area contributed by atoms with Gasteiger partial charge < -0.3 is 16.0 Å². The molecule has 0 atom stereocenters. The Kier molecular flexibility index (Phi) is 4.83. The van der Waals surface area contributed by atoms with Gasteiger partial charge in [0.25, 0.3) is 0 Å². The van der Waals surface area contributed by atoms with Crippen molar-refractivity contribution in [3.05, 3.63) is 23.0 Å². The van der Waals surface area contributed by atoms with E-state index in [-0.39, 0.29) is 5.02 Å². The Labute approximate surface area is 100 Å². The first-order chi connectivity index (χ1) is 7.56. The molecule has 3 nitrogen and oxygen atoms in total. The molecule has 0 spiro atoms. The standard InChI is InChI=1S/C11H17ClFN3/c1-15-4-3-5-16(2)11-7-9(13)8(12)6-10(11)14/h6-7,15H,3-5,14H2,1-2H3. The number of benzene rings is 1. The van der Waals surface area contributed by atoms with E-state index in [0.29, 0.717) is 11.4 Å². The Bertz CT molecular complexity index is 357. The molecule has 0 aliphatic heterocycles. The van der Waals surface area contributed by atoms with Crippen molar-refractivity contribution in [2.75, 3.05) is 37.8 Å². The van der Waals surface area contributed by atoms with Crippen LogP contribution in [0.1, 0.15) is 6.42 Å². The predicted octanol–water partition coefficient (Wildman–Crippen LogP) is 2.11. The fourth-order valence-corrected chi connectivity index (χ4v) is 1.67. The van der Waals surface area contributed by atoms with Crippen LogP contribution in [0.25, 0.3) is 0 Å². The zero-order chi connectivity index (χ0) is 12.1. The van der Waals surface area contributed by atoms with E-state index >= 15 is 0 Å². The van der Waals surface area contributed by atoms with Crippen molar-refractivity contribution in [3.63, 3.8) is 0 Å². The van der Waals surface area contributed by atoms with Crippen LogP contribution < -0.4 is 16.0 Å². The van der Waals surface area contributed by atoms with Gasteiger partial charge in [0.2, 0.25) is 0 Å². The topological polar surface area (TPSA) is 41.3 Å². The van der Waals surface area contributed by atoms with Crippen molar-refractivity contribution in [3.8, 4) is 0 Å². The van der Waals surface area contributed by atoms with Gasteiger partial charge in [-0.15, -0.1) is 0 Å². The minimum absolute atomic E-state index is 0.0601. The maximum atomic E-state index is 13.3. The Morgan fingerprint density at radius 2 is 2.19 bits per heavy atom. The molecule has 0 aliphatic rings. The van der Waals surface area contributed by atoms with Gasteiger partial charge >= 0.3 is 0 Å². The van der Waals surface area contributed by atoms with Crippen LogP contribution >= 0.6 is 11.6 Å². The Hall–Kier alpha value is -1.00. The number of nitrogens with zero attached hydrogens (tertiary/aromatic N) is 1. The molecule has 0 unspecified atom stereocenters. The van der Waals surface area contributed by atoms with E-state index < -0.39 is 5.82 Å². The first-order valence-electron chi connectivity index (χ1n) is 5.16. The Balaban J connectivity index is 2.75. The molecular formula is C11H17ClFN3. The number of nitrogens with two attached hydrogens (primary N) is 1. The van der Waals surface area contributed by atoms with Gasteiger partial charge in [0.15, 0.2) is 0 Å². The molecule has 1 aromatic carbocycles. The third-order valence-electron chi connectivity index (χ3n) is 2.40. The number of anilines is 2. The molecule has 0 saturated heterocycles. The van der Waals surface area contributed by atoms with Gasteiger partial charge in [-0.2, -0.15) is 0 Å². The molecule has 0 fully saturated rings. The summed E-state index contributed by atoms with van der Waals surface area (Å²) in [6.45, 7) is 1.73. The first kappa shape index (κ1) is 13.1. The molecule has 1 aromatic rings. The number of hydrogen-bond acceptors (Lipinski definition) is 3. The lowest BCUT2D eigenvalue weighted by Crippen LogP contribution is -2.23. The average molecular weight is 246 g/mol. The highest BCUT2D eigenvalue weighted by molar-refractivity contribution is 6.31. The van der Waals surface area contributed by atoms with Gasteiger partial charge in [-0.25, -0.2) is 4.39 Å². The smallest absolute Gasteiger partial charge is 0.144 e. The van der Waals surface area contributed by atoms with Gasteiger partial charge in [-0.3, -0.25) is 0 Å². The molecule has 0 saturated carbocycles. The number of nitrogen functional groups attached to an aromatic ring is 1. The second-order valence-corrected chi connectivity index (χ2v) is 4.11. The number of hydrogen-bond donors (Lipinski definition) is 2. The molecule has 0 heterocycles. The Morgan fingerprint density at radius 1 is 1.50 bits per heavy atom. The largest absolute Gasteiger partial charge is 0.397 e. The molecule has 0 radical (unpaired) electrons. The number of nitrogens with one attached hydrogen (secondary N) is 1. The lowest BCUT2D eigenvalue weighted by atomic mass is 10.2. The van der Waals surface area contributed by atoms with E-state index in [1.165, 1.54) is 12.1 Å². The monoisotopic (exact) mass is 245 g/mol. The highest BCUT2D eigenvalue weighted by Gasteiger charge is 2.09. The molecule has 3 N–H and O–H groups in total. The van der Waals surface area contributed by atoms with Gasteiger partial charge in [-0.05, 0) is 26.1 Å². The summed E-state index contributed by atoms with van der Waals surface area (Å²) in [4.78, 5) is 1.92. The van der Waals surface area contributed by atoms with Crippen molar-refractivity contribution < 1.29 is 4.39 Å². The van der Waals surface area contributed by atoms with Gasteiger partial charge in [0.1, 0.15) is 5.82 Å². The predicted molar refractivity (Wildman–Crippen MR) is 67.6 cm³/mol. The molecule has 0 bridgehead atoms. The maximum Gasteiger partial charge on any atom is 0.144 e. The fourth-order valence-electron chi connectivity index (χ4n) is 1.50. The van der Waals surface area contributed by atoms with Gasteiger partial charge in [0.05, 0.1) is 16.4 Å². The number of rotatable bonds is 5. The lowest BCUT2D eigenvalue weighted by Gasteiger charge is -2.21. The van der Waals surface area contributed by atoms with Crippen LogP contribution in [-0.4, -0.2) is 27.2 Å². The summed E-state index contributed by atoms with van der Waals surface area (Å²) in [6, 6.07) is 2.82. The van der Waals surface area contributed by atoms with Crippen LogP contribution in [0.2, 0.25) is 5.02 Å². The van der Waals surface area contributed by atoms with Crippen molar-refractivity contribution in [1.82, 2.24) is 5.32 Å². The van der Waals surface area contributed by atoms with E-state index in [9.17, 15) is 4.39 Å². The van der Waals surface area contributed by atoms with Crippen molar-refractivity contribution >= 4 is 23.0 Å². The summed E-state index contributed by atoms with van der Waals surface area (Å²) in [7, 11) is 3.78. The number of halogens is 2. The van der Waals surface area contributed by atoms with Crippen molar-refractivity contribution in [2.45, 2.75) is 6.42 Å². The van der Waals surface area contributed by atoms with Crippen LogP contribution in [0.3, 0.4) is 0 Å². The molecule has 0 aromatic heterocycles.